The summed E-state index contributed by atoms with van der Waals surface area (Å²) >= 11 is 0. The van der Waals surface area contributed by atoms with Crippen molar-refractivity contribution in [3.8, 4) is 0 Å². The molecule has 0 radical (unpaired) electrons. The molecule has 0 heterocycles. The highest BCUT2D eigenvalue weighted by Gasteiger charge is 2.31. The second-order valence-corrected chi connectivity index (χ2v) is 7.86. The van der Waals surface area contributed by atoms with Gasteiger partial charge in [0, 0.05) is 0 Å². The third-order valence-electron chi connectivity index (χ3n) is 6.31. The molecule has 20 heavy (non-hydrogen) atoms. The third kappa shape index (κ3) is 5.08. The van der Waals surface area contributed by atoms with Crippen molar-refractivity contribution in [2.45, 2.75) is 104 Å². The predicted octanol–water partition coefficient (Wildman–Crippen LogP) is 6.98. The molecule has 0 aromatic rings. The molecular weight excluding hydrogens is 240 g/mol. The van der Waals surface area contributed by atoms with E-state index in [4.69, 9.17) is 0 Å². The van der Waals surface area contributed by atoms with Gasteiger partial charge in [0.05, 0.1) is 0 Å². The Morgan fingerprint density at radius 3 is 1.95 bits per heavy atom. The Hall–Kier alpha value is 0. The highest BCUT2D eigenvalue weighted by Crippen LogP contribution is 2.43. The molecule has 118 valence electrons. The van der Waals surface area contributed by atoms with E-state index in [1.807, 2.05) is 0 Å². The molecule has 0 aromatic carbocycles. The van der Waals surface area contributed by atoms with E-state index >= 15 is 0 Å². The molecule has 2 atom stereocenters. The van der Waals surface area contributed by atoms with Gasteiger partial charge in [-0.15, -0.1) is 0 Å². The smallest absolute Gasteiger partial charge is 0.0383 e. The van der Waals surface area contributed by atoms with Gasteiger partial charge in [0.25, 0.3) is 0 Å². The summed E-state index contributed by atoms with van der Waals surface area (Å²) in [5, 5.41) is 0. The Morgan fingerprint density at radius 1 is 0.650 bits per heavy atom. The van der Waals surface area contributed by atoms with E-state index in [2.05, 4.69) is 13.8 Å². The van der Waals surface area contributed by atoms with Crippen LogP contribution in [0.2, 0.25) is 0 Å². The summed E-state index contributed by atoms with van der Waals surface area (Å²) < 4.78 is 0. The van der Waals surface area contributed by atoms with E-state index in [9.17, 15) is 0 Å². The van der Waals surface area contributed by atoms with E-state index in [0.29, 0.717) is 0 Å². The maximum Gasteiger partial charge on any atom is -0.0383 e. The van der Waals surface area contributed by atoms with Crippen LogP contribution >= 0.6 is 0 Å². The fourth-order valence-electron chi connectivity index (χ4n) is 4.96. The fraction of sp³-hybridized carbons (Fsp3) is 1.00. The summed E-state index contributed by atoms with van der Waals surface area (Å²) in [5.41, 5.74) is 0. The molecule has 0 aromatic heterocycles. The van der Waals surface area contributed by atoms with Crippen molar-refractivity contribution >= 4 is 0 Å². The highest BCUT2D eigenvalue weighted by atomic mass is 14.4. The highest BCUT2D eigenvalue weighted by molar-refractivity contribution is 4.82. The topological polar surface area (TPSA) is 0 Å². The Kier molecular flexibility index (Phi) is 7.45. The first kappa shape index (κ1) is 16.4. The second kappa shape index (κ2) is 9.11. The molecule has 0 saturated heterocycles. The van der Waals surface area contributed by atoms with Gasteiger partial charge in [0.15, 0.2) is 0 Å². The first-order chi connectivity index (χ1) is 9.83. The van der Waals surface area contributed by atoms with E-state index in [0.717, 1.165) is 23.7 Å². The van der Waals surface area contributed by atoms with Crippen molar-refractivity contribution in [2.24, 2.45) is 23.7 Å². The lowest BCUT2D eigenvalue weighted by Crippen LogP contribution is -2.26. The molecule has 0 N–H and O–H groups in total. The minimum absolute atomic E-state index is 1.09. The number of hydrogen-bond donors (Lipinski definition) is 0. The average molecular weight is 279 g/mol. The predicted molar refractivity (Wildman–Crippen MR) is 89.9 cm³/mol. The first-order valence-corrected chi connectivity index (χ1v) is 9.83. The van der Waals surface area contributed by atoms with Crippen LogP contribution in [0.5, 0.6) is 0 Å². The second-order valence-electron chi connectivity index (χ2n) is 7.86. The van der Waals surface area contributed by atoms with E-state index in [1.165, 1.54) is 44.9 Å². The Bertz CT molecular complexity index is 236. The minimum atomic E-state index is 1.09. The third-order valence-corrected chi connectivity index (χ3v) is 6.31. The van der Waals surface area contributed by atoms with Crippen molar-refractivity contribution in [3.63, 3.8) is 0 Å². The van der Waals surface area contributed by atoms with Crippen LogP contribution in [0, 0.1) is 23.7 Å². The van der Waals surface area contributed by atoms with Crippen molar-refractivity contribution in [3.05, 3.63) is 0 Å². The molecule has 2 rings (SSSR count). The van der Waals surface area contributed by atoms with Crippen LogP contribution in [0.4, 0.5) is 0 Å². The molecule has 0 heteroatoms. The minimum Gasteiger partial charge on any atom is -0.0654 e. The summed E-state index contributed by atoms with van der Waals surface area (Å²) in [5.74, 6) is 4.40. The fourth-order valence-corrected chi connectivity index (χ4v) is 4.96. The molecule has 2 aliphatic rings. The van der Waals surface area contributed by atoms with Gasteiger partial charge in [-0.05, 0) is 42.9 Å². The lowest BCUT2D eigenvalue weighted by atomic mass is 9.67. The lowest BCUT2D eigenvalue weighted by Gasteiger charge is -2.38. The first-order valence-electron chi connectivity index (χ1n) is 9.83. The normalized spacial score (nSPS) is 35.1. The zero-order chi connectivity index (χ0) is 14.2. The standard InChI is InChI=1S/C20H38/c1-3-5-8-17-12-14-19(15-13-17)20-11-7-10-18(16-20)9-6-4-2/h17-20H,3-16H2,1-2H3/t17-,18-,19+,20-/m1/s1. The average Bonchev–Trinajstić information content (AvgIpc) is 2.52. The monoisotopic (exact) mass is 278 g/mol. The van der Waals surface area contributed by atoms with E-state index in [1.54, 1.807) is 44.9 Å². The molecule has 2 fully saturated rings. The van der Waals surface area contributed by atoms with Gasteiger partial charge in [-0.2, -0.15) is 0 Å². The summed E-state index contributed by atoms with van der Waals surface area (Å²) in [7, 11) is 0. The lowest BCUT2D eigenvalue weighted by molar-refractivity contribution is 0.132. The summed E-state index contributed by atoms with van der Waals surface area (Å²) in [6, 6.07) is 0. The van der Waals surface area contributed by atoms with E-state index < -0.39 is 0 Å². The van der Waals surface area contributed by atoms with Crippen molar-refractivity contribution in [1.82, 2.24) is 0 Å². The van der Waals surface area contributed by atoms with Gasteiger partial charge in [0.2, 0.25) is 0 Å². The van der Waals surface area contributed by atoms with Gasteiger partial charge in [-0.3, -0.25) is 0 Å². The molecule has 2 aliphatic carbocycles. The van der Waals surface area contributed by atoms with Crippen molar-refractivity contribution in [2.75, 3.05) is 0 Å². The van der Waals surface area contributed by atoms with Crippen LogP contribution in [-0.4, -0.2) is 0 Å². The summed E-state index contributed by atoms with van der Waals surface area (Å²) in [6.45, 7) is 4.68. The summed E-state index contributed by atoms with van der Waals surface area (Å²) in [6.07, 6.45) is 21.3. The molecule has 0 bridgehead atoms. The number of rotatable bonds is 7. The molecule has 0 aliphatic heterocycles. The van der Waals surface area contributed by atoms with Gasteiger partial charge >= 0.3 is 0 Å². The maximum atomic E-state index is 2.35. The van der Waals surface area contributed by atoms with Gasteiger partial charge in [-0.25, -0.2) is 0 Å². The quantitative estimate of drug-likeness (QED) is 0.471. The number of unbranched alkanes of at least 4 members (excludes halogenated alkanes) is 2. The number of hydrogen-bond acceptors (Lipinski definition) is 0. The zero-order valence-corrected chi connectivity index (χ0v) is 14.2. The SMILES string of the molecule is CCCC[C@@H]1CCC[C@@H]([C@H]2CC[C@@H](CCCC)CC2)C1. The van der Waals surface area contributed by atoms with Crippen LogP contribution in [-0.2, 0) is 0 Å². The largest absolute Gasteiger partial charge is 0.0654 e. The van der Waals surface area contributed by atoms with Crippen molar-refractivity contribution in [1.29, 1.82) is 0 Å². The Morgan fingerprint density at radius 2 is 1.30 bits per heavy atom. The molecule has 0 spiro atoms. The molecular formula is C20H38. The maximum absolute atomic E-state index is 2.35. The van der Waals surface area contributed by atoms with Crippen LogP contribution in [0.15, 0.2) is 0 Å². The zero-order valence-electron chi connectivity index (χ0n) is 14.2. The van der Waals surface area contributed by atoms with Crippen LogP contribution in [0.1, 0.15) is 104 Å². The summed E-state index contributed by atoms with van der Waals surface area (Å²) in [4.78, 5) is 0. The van der Waals surface area contributed by atoms with Crippen LogP contribution in [0.3, 0.4) is 0 Å². The molecule has 0 unspecified atom stereocenters. The molecule has 0 amide bonds. The van der Waals surface area contributed by atoms with Gasteiger partial charge in [-0.1, -0.05) is 84.5 Å². The van der Waals surface area contributed by atoms with Crippen LogP contribution < -0.4 is 0 Å². The molecule has 0 nitrogen and oxygen atoms in total. The Balaban J connectivity index is 1.69. The van der Waals surface area contributed by atoms with Crippen LogP contribution in [0.25, 0.3) is 0 Å². The van der Waals surface area contributed by atoms with Gasteiger partial charge in [0.1, 0.15) is 0 Å². The van der Waals surface area contributed by atoms with Crippen molar-refractivity contribution < 1.29 is 0 Å². The van der Waals surface area contributed by atoms with E-state index in [-0.39, 0.29) is 0 Å². The van der Waals surface area contributed by atoms with Gasteiger partial charge < -0.3 is 0 Å². The Labute approximate surface area is 128 Å². The molecule has 2 saturated carbocycles.